The van der Waals surface area contributed by atoms with Crippen LogP contribution < -0.4 is 4.90 Å². The third kappa shape index (κ3) is 3.98. The van der Waals surface area contributed by atoms with Gasteiger partial charge in [-0.2, -0.15) is 5.10 Å². The van der Waals surface area contributed by atoms with Crippen LogP contribution in [0.1, 0.15) is 18.7 Å². The quantitative estimate of drug-likeness (QED) is 0.790. The van der Waals surface area contributed by atoms with Gasteiger partial charge in [0, 0.05) is 45.0 Å². The molecule has 2 aromatic rings. The molecule has 1 aliphatic heterocycles. The van der Waals surface area contributed by atoms with Crippen molar-refractivity contribution in [3.8, 4) is 0 Å². The van der Waals surface area contributed by atoms with Crippen molar-refractivity contribution in [2.24, 2.45) is 0 Å². The zero-order valence-electron chi connectivity index (χ0n) is 12.1. The van der Waals surface area contributed by atoms with Crippen LogP contribution >= 0.6 is 0 Å². The average Bonchev–Trinajstić information content (AvgIpc) is 3.06. The number of H-pyrrole nitrogens is 1. The minimum atomic E-state index is 0.850. The van der Waals surface area contributed by atoms with E-state index in [4.69, 9.17) is 0 Å². The average molecular weight is 287 g/mol. The fourth-order valence-corrected chi connectivity index (χ4v) is 2.61. The fraction of sp³-hybridized carbons (Fsp3) is 0.571. The summed E-state index contributed by atoms with van der Waals surface area (Å²) in [5.41, 5.74) is 0. The second kappa shape index (κ2) is 7.12. The monoisotopic (exact) mass is 287 g/mol. The minimum Gasteiger partial charge on any atom is -0.338 e. The molecule has 0 radical (unpaired) electrons. The van der Waals surface area contributed by atoms with E-state index in [1.807, 2.05) is 6.07 Å². The Morgan fingerprint density at radius 2 is 1.81 bits per heavy atom. The highest BCUT2D eigenvalue weighted by atomic mass is 15.3. The van der Waals surface area contributed by atoms with Crippen molar-refractivity contribution in [3.63, 3.8) is 0 Å². The Bertz CT molecular complexity index is 505. The zero-order valence-corrected chi connectivity index (χ0v) is 12.1. The van der Waals surface area contributed by atoms with Crippen LogP contribution in [0.4, 0.5) is 5.95 Å². The minimum absolute atomic E-state index is 0.850. The molecule has 7 nitrogen and oxygen atoms in total. The van der Waals surface area contributed by atoms with Crippen LogP contribution in [-0.4, -0.2) is 62.8 Å². The molecule has 1 fully saturated rings. The summed E-state index contributed by atoms with van der Waals surface area (Å²) in [6.45, 7) is 5.33. The topological polar surface area (TPSA) is 73.8 Å². The normalized spacial score (nSPS) is 16.3. The third-order valence-electron chi connectivity index (χ3n) is 3.81. The van der Waals surface area contributed by atoms with Crippen molar-refractivity contribution in [2.45, 2.75) is 19.3 Å². The van der Waals surface area contributed by atoms with Crippen molar-refractivity contribution in [3.05, 3.63) is 30.6 Å². The van der Waals surface area contributed by atoms with Gasteiger partial charge in [-0.05, 0) is 25.5 Å². The van der Waals surface area contributed by atoms with E-state index < -0.39 is 0 Å². The predicted octanol–water partition coefficient (Wildman–Crippen LogP) is 0.740. The largest absolute Gasteiger partial charge is 0.338 e. The van der Waals surface area contributed by atoms with Crippen LogP contribution in [0.3, 0.4) is 0 Å². The van der Waals surface area contributed by atoms with Gasteiger partial charge in [0.1, 0.15) is 12.2 Å². The Labute approximate surface area is 124 Å². The van der Waals surface area contributed by atoms with Crippen molar-refractivity contribution in [1.29, 1.82) is 0 Å². The summed E-state index contributed by atoms with van der Waals surface area (Å²) in [6, 6.07) is 1.86. The second-order valence-electron chi connectivity index (χ2n) is 5.27. The number of hydrogen-bond donors (Lipinski definition) is 1. The summed E-state index contributed by atoms with van der Waals surface area (Å²) in [4.78, 5) is 17.5. The van der Waals surface area contributed by atoms with E-state index in [0.29, 0.717) is 0 Å². The summed E-state index contributed by atoms with van der Waals surface area (Å²) >= 11 is 0. The van der Waals surface area contributed by atoms with Crippen LogP contribution in [0.25, 0.3) is 0 Å². The Morgan fingerprint density at radius 1 is 1.00 bits per heavy atom. The lowest BCUT2D eigenvalue weighted by molar-refractivity contribution is 0.251. The highest BCUT2D eigenvalue weighted by Crippen LogP contribution is 2.10. The van der Waals surface area contributed by atoms with Gasteiger partial charge in [0.05, 0.1) is 0 Å². The number of nitrogens with one attached hydrogen (secondary N) is 1. The molecule has 1 saturated heterocycles. The number of aryl methyl sites for hydroxylation is 1. The maximum absolute atomic E-state index is 4.31. The second-order valence-corrected chi connectivity index (χ2v) is 5.27. The number of aromatic nitrogens is 5. The summed E-state index contributed by atoms with van der Waals surface area (Å²) in [5.74, 6) is 1.84. The number of aromatic amines is 1. The Kier molecular flexibility index (Phi) is 4.73. The van der Waals surface area contributed by atoms with Gasteiger partial charge in [0.25, 0.3) is 0 Å². The fourth-order valence-electron chi connectivity index (χ4n) is 2.61. The molecule has 7 heteroatoms. The lowest BCUT2D eigenvalue weighted by atomic mass is 10.2. The van der Waals surface area contributed by atoms with E-state index in [9.17, 15) is 0 Å². The van der Waals surface area contributed by atoms with Gasteiger partial charge in [0.2, 0.25) is 5.95 Å². The first-order valence-corrected chi connectivity index (χ1v) is 7.50. The Hall–Kier alpha value is -2.02. The maximum atomic E-state index is 4.31. The molecule has 2 aromatic heterocycles. The molecular weight excluding hydrogens is 266 g/mol. The van der Waals surface area contributed by atoms with Gasteiger partial charge in [0.15, 0.2) is 0 Å². The first-order valence-electron chi connectivity index (χ1n) is 7.50. The van der Waals surface area contributed by atoms with E-state index in [1.165, 1.54) is 6.42 Å². The first-order chi connectivity index (χ1) is 10.4. The first kappa shape index (κ1) is 13.9. The van der Waals surface area contributed by atoms with Gasteiger partial charge in [-0.25, -0.2) is 15.0 Å². The molecule has 1 N–H and O–H groups in total. The van der Waals surface area contributed by atoms with Gasteiger partial charge < -0.3 is 4.90 Å². The molecule has 3 rings (SSSR count). The lowest BCUT2D eigenvalue weighted by Crippen LogP contribution is -2.47. The van der Waals surface area contributed by atoms with Crippen LogP contribution in [0.15, 0.2) is 24.8 Å². The standard InChI is InChI=1S/C14H21N7/c1(4-13-17-12-18-19-13)2-7-20-8-10-21(11-9-20)14-15-5-3-6-16-14/h3,5-6,12H,1-2,4,7-11H2,(H,17,18,19). The highest BCUT2D eigenvalue weighted by molar-refractivity contribution is 5.29. The van der Waals surface area contributed by atoms with Crippen LogP contribution in [0, 0.1) is 0 Å². The van der Waals surface area contributed by atoms with Gasteiger partial charge in [-0.15, -0.1) is 0 Å². The van der Waals surface area contributed by atoms with E-state index in [1.54, 1.807) is 18.7 Å². The van der Waals surface area contributed by atoms with Crippen molar-refractivity contribution < 1.29 is 0 Å². The zero-order chi connectivity index (χ0) is 14.3. The number of unbranched alkanes of at least 4 members (excludes halogenated alkanes) is 1. The lowest BCUT2D eigenvalue weighted by Gasteiger charge is -2.34. The van der Waals surface area contributed by atoms with Crippen molar-refractivity contribution in [1.82, 2.24) is 30.0 Å². The molecule has 0 bridgehead atoms. The number of piperazine rings is 1. The Morgan fingerprint density at radius 3 is 2.52 bits per heavy atom. The van der Waals surface area contributed by atoms with Crippen molar-refractivity contribution >= 4 is 5.95 Å². The molecule has 112 valence electrons. The Balaban J connectivity index is 1.34. The van der Waals surface area contributed by atoms with E-state index in [2.05, 4.69) is 34.9 Å². The number of rotatable bonds is 6. The number of anilines is 1. The molecule has 3 heterocycles. The highest BCUT2D eigenvalue weighted by Gasteiger charge is 2.18. The molecule has 0 aliphatic carbocycles. The molecule has 0 spiro atoms. The molecule has 0 atom stereocenters. The van der Waals surface area contributed by atoms with E-state index in [-0.39, 0.29) is 0 Å². The van der Waals surface area contributed by atoms with Gasteiger partial charge >= 0.3 is 0 Å². The SMILES string of the molecule is c1cnc(N2CCN(CCCCc3ncn[nH]3)CC2)nc1. The van der Waals surface area contributed by atoms with E-state index in [0.717, 1.165) is 57.3 Å². The third-order valence-corrected chi connectivity index (χ3v) is 3.81. The summed E-state index contributed by atoms with van der Waals surface area (Å²) in [7, 11) is 0. The summed E-state index contributed by atoms with van der Waals surface area (Å²) in [6.07, 6.45) is 8.51. The van der Waals surface area contributed by atoms with Gasteiger partial charge in [-0.3, -0.25) is 10.00 Å². The van der Waals surface area contributed by atoms with Crippen LogP contribution in [0.5, 0.6) is 0 Å². The number of nitrogens with zero attached hydrogens (tertiary/aromatic N) is 6. The molecule has 0 saturated carbocycles. The molecule has 1 aliphatic rings. The molecule has 0 amide bonds. The molecule has 0 aromatic carbocycles. The number of hydrogen-bond acceptors (Lipinski definition) is 6. The van der Waals surface area contributed by atoms with Crippen LogP contribution in [-0.2, 0) is 6.42 Å². The van der Waals surface area contributed by atoms with Crippen LogP contribution in [0.2, 0.25) is 0 Å². The van der Waals surface area contributed by atoms with E-state index >= 15 is 0 Å². The smallest absolute Gasteiger partial charge is 0.225 e. The van der Waals surface area contributed by atoms with Crippen molar-refractivity contribution in [2.75, 3.05) is 37.6 Å². The molecule has 0 unspecified atom stereocenters. The van der Waals surface area contributed by atoms with Gasteiger partial charge in [-0.1, -0.05) is 0 Å². The molecule has 21 heavy (non-hydrogen) atoms. The predicted molar refractivity (Wildman–Crippen MR) is 80.0 cm³/mol. The summed E-state index contributed by atoms with van der Waals surface area (Å²) < 4.78 is 0. The maximum Gasteiger partial charge on any atom is 0.225 e. The summed E-state index contributed by atoms with van der Waals surface area (Å²) in [5, 5.41) is 6.77. The molecular formula is C14H21N7.